The van der Waals surface area contributed by atoms with E-state index in [4.69, 9.17) is 11.6 Å². The van der Waals surface area contributed by atoms with Crippen molar-refractivity contribution in [3.63, 3.8) is 0 Å². The first-order valence-corrected chi connectivity index (χ1v) is 5.54. The summed E-state index contributed by atoms with van der Waals surface area (Å²) in [6, 6.07) is 6.26. The SMILES string of the molecule is Cn1cccc(C(=O)Nc2ccc(Cl)cn2)c1=O. The maximum absolute atomic E-state index is 11.9. The van der Waals surface area contributed by atoms with Crippen LogP contribution in [0.25, 0.3) is 0 Å². The first kappa shape index (κ1) is 12.3. The molecule has 2 rings (SSSR count). The number of halogens is 1. The van der Waals surface area contributed by atoms with Gasteiger partial charge in [-0.05, 0) is 24.3 Å². The van der Waals surface area contributed by atoms with Crippen LogP contribution in [-0.4, -0.2) is 15.5 Å². The molecule has 0 fully saturated rings. The summed E-state index contributed by atoms with van der Waals surface area (Å²) in [4.78, 5) is 27.5. The molecule has 0 saturated heterocycles. The van der Waals surface area contributed by atoms with Crippen molar-refractivity contribution < 1.29 is 4.79 Å². The Morgan fingerprint density at radius 1 is 1.39 bits per heavy atom. The van der Waals surface area contributed by atoms with Crippen LogP contribution in [0.2, 0.25) is 5.02 Å². The zero-order valence-electron chi connectivity index (χ0n) is 9.55. The van der Waals surface area contributed by atoms with Crippen molar-refractivity contribution in [2.45, 2.75) is 0 Å². The van der Waals surface area contributed by atoms with Gasteiger partial charge in [0.05, 0.1) is 5.02 Å². The molecule has 2 heterocycles. The Morgan fingerprint density at radius 2 is 2.17 bits per heavy atom. The van der Waals surface area contributed by atoms with Gasteiger partial charge in [-0.15, -0.1) is 0 Å². The molecule has 2 aromatic rings. The topological polar surface area (TPSA) is 64.0 Å². The minimum Gasteiger partial charge on any atom is -0.318 e. The van der Waals surface area contributed by atoms with Crippen LogP contribution in [0.5, 0.6) is 0 Å². The number of carbonyl (C=O) groups excluding carboxylic acids is 1. The quantitative estimate of drug-likeness (QED) is 0.897. The molecule has 6 heteroatoms. The number of hydrogen-bond acceptors (Lipinski definition) is 3. The van der Waals surface area contributed by atoms with Crippen molar-refractivity contribution in [2.24, 2.45) is 7.05 Å². The van der Waals surface area contributed by atoms with Crippen LogP contribution in [-0.2, 0) is 7.05 Å². The van der Waals surface area contributed by atoms with Gasteiger partial charge in [0.1, 0.15) is 11.4 Å². The van der Waals surface area contributed by atoms with E-state index in [1.54, 1.807) is 31.4 Å². The highest BCUT2D eigenvalue weighted by atomic mass is 35.5. The van der Waals surface area contributed by atoms with Gasteiger partial charge in [-0.2, -0.15) is 0 Å². The van der Waals surface area contributed by atoms with Gasteiger partial charge in [0.2, 0.25) is 0 Å². The molecule has 0 atom stereocenters. The highest BCUT2D eigenvalue weighted by molar-refractivity contribution is 6.30. The van der Waals surface area contributed by atoms with Crippen LogP contribution in [0.15, 0.2) is 41.5 Å². The molecule has 2 aromatic heterocycles. The molecule has 18 heavy (non-hydrogen) atoms. The van der Waals surface area contributed by atoms with Gasteiger partial charge in [0, 0.05) is 19.4 Å². The normalized spacial score (nSPS) is 10.1. The molecule has 5 nitrogen and oxygen atoms in total. The highest BCUT2D eigenvalue weighted by Crippen LogP contribution is 2.10. The van der Waals surface area contributed by atoms with Gasteiger partial charge >= 0.3 is 0 Å². The Bertz CT molecular complexity index is 635. The fraction of sp³-hybridized carbons (Fsp3) is 0.0833. The van der Waals surface area contributed by atoms with E-state index in [1.165, 1.54) is 16.8 Å². The predicted octanol–water partition coefficient (Wildman–Crippen LogP) is 1.69. The second-order valence-electron chi connectivity index (χ2n) is 3.65. The van der Waals surface area contributed by atoms with Gasteiger partial charge in [-0.3, -0.25) is 9.59 Å². The summed E-state index contributed by atoms with van der Waals surface area (Å²) in [6.45, 7) is 0. The lowest BCUT2D eigenvalue weighted by atomic mass is 10.2. The average molecular weight is 264 g/mol. The summed E-state index contributed by atoms with van der Waals surface area (Å²) in [5.74, 6) is -0.152. The molecule has 0 radical (unpaired) electrons. The van der Waals surface area contributed by atoms with Crippen molar-refractivity contribution in [3.8, 4) is 0 Å². The molecule has 1 N–H and O–H groups in total. The van der Waals surface area contributed by atoms with E-state index in [1.807, 2.05) is 0 Å². The summed E-state index contributed by atoms with van der Waals surface area (Å²) in [6.07, 6.45) is 3.00. The lowest BCUT2D eigenvalue weighted by molar-refractivity contribution is 0.102. The third-order valence-corrected chi connectivity index (χ3v) is 2.56. The Kier molecular flexibility index (Phi) is 3.43. The number of aromatic nitrogens is 2. The summed E-state index contributed by atoms with van der Waals surface area (Å²) < 4.78 is 1.34. The standard InChI is InChI=1S/C12H10ClN3O2/c1-16-6-2-3-9(12(16)18)11(17)15-10-5-4-8(13)7-14-10/h2-7H,1H3,(H,14,15,17). The van der Waals surface area contributed by atoms with Crippen LogP contribution in [0.3, 0.4) is 0 Å². The van der Waals surface area contributed by atoms with Gasteiger partial charge in [0.15, 0.2) is 0 Å². The number of carbonyl (C=O) groups is 1. The third kappa shape index (κ3) is 2.57. The first-order chi connectivity index (χ1) is 8.58. The van der Waals surface area contributed by atoms with Crippen LogP contribution in [0.4, 0.5) is 5.82 Å². The maximum atomic E-state index is 11.9. The first-order valence-electron chi connectivity index (χ1n) is 5.16. The number of nitrogens with one attached hydrogen (secondary N) is 1. The number of anilines is 1. The average Bonchev–Trinajstić information content (AvgIpc) is 2.35. The minimum absolute atomic E-state index is 0.0664. The van der Waals surface area contributed by atoms with Gasteiger partial charge < -0.3 is 9.88 Å². The van der Waals surface area contributed by atoms with Crippen LogP contribution in [0, 0.1) is 0 Å². The monoisotopic (exact) mass is 263 g/mol. The zero-order chi connectivity index (χ0) is 13.1. The molecule has 1 amide bonds. The lowest BCUT2D eigenvalue weighted by Crippen LogP contribution is -2.27. The van der Waals surface area contributed by atoms with E-state index >= 15 is 0 Å². The van der Waals surface area contributed by atoms with Gasteiger partial charge in [-0.1, -0.05) is 11.6 Å². The summed E-state index contributed by atoms with van der Waals surface area (Å²) in [7, 11) is 1.58. The summed E-state index contributed by atoms with van der Waals surface area (Å²) in [5.41, 5.74) is -0.291. The smallest absolute Gasteiger partial charge is 0.263 e. The Morgan fingerprint density at radius 3 is 2.83 bits per heavy atom. The van der Waals surface area contributed by atoms with Crippen LogP contribution < -0.4 is 10.9 Å². The number of rotatable bonds is 2. The molecule has 0 saturated carbocycles. The summed E-state index contributed by atoms with van der Waals surface area (Å²) in [5, 5.41) is 3.01. The number of nitrogens with zero attached hydrogens (tertiary/aromatic N) is 2. The highest BCUT2D eigenvalue weighted by Gasteiger charge is 2.11. The van der Waals surface area contributed by atoms with E-state index in [2.05, 4.69) is 10.3 Å². The van der Waals surface area contributed by atoms with E-state index in [0.717, 1.165) is 0 Å². The van der Waals surface area contributed by atoms with E-state index < -0.39 is 5.91 Å². The number of aryl methyl sites for hydroxylation is 1. The fourth-order valence-corrected chi connectivity index (χ4v) is 1.52. The van der Waals surface area contributed by atoms with E-state index in [-0.39, 0.29) is 11.1 Å². The van der Waals surface area contributed by atoms with Crippen molar-refractivity contribution in [2.75, 3.05) is 5.32 Å². The van der Waals surface area contributed by atoms with Gasteiger partial charge in [-0.25, -0.2) is 4.98 Å². The lowest BCUT2D eigenvalue weighted by Gasteiger charge is -2.05. The molecule has 0 aliphatic carbocycles. The van der Waals surface area contributed by atoms with Crippen LogP contribution >= 0.6 is 11.6 Å². The number of pyridine rings is 2. The number of amides is 1. The molecule has 92 valence electrons. The van der Waals surface area contributed by atoms with E-state index in [0.29, 0.717) is 10.8 Å². The second kappa shape index (κ2) is 5.01. The maximum Gasteiger partial charge on any atom is 0.263 e. The molecule has 0 aliphatic rings. The molecule has 0 aliphatic heterocycles. The van der Waals surface area contributed by atoms with Crippen LogP contribution in [0.1, 0.15) is 10.4 Å². The molecular weight excluding hydrogens is 254 g/mol. The molecule has 0 bridgehead atoms. The van der Waals surface area contributed by atoms with Crippen molar-refractivity contribution in [1.29, 1.82) is 0 Å². The predicted molar refractivity (Wildman–Crippen MR) is 68.9 cm³/mol. The molecule has 0 aromatic carbocycles. The van der Waals surface area contributed by atoms with Crippen molar-refractivity contribution in [1.82, 2.24) is 9.55 Å². The molecule has 0 unspecified atom stereocenters. The largest absolute Gasteiger partial charge is 0.318 e. The van der Waals surface area contributed by atoms with Crippen molar-refractivity contribution in [3.05, 3.63) is 57.6 Å². The van der Waals surface area contributed by atoms with Gasteiger partial charge in [0.25, 0.3) is 11.5 Å². The Balaban J connectivity index is 2.25. The fourth-order valence-electron chi connectivity index (χ4n) is 1.40. The Labute approximate surface area is 108 Å². The number of hydrogen-bond donors (Lipinski definition) is 1. The third-order valence-electron chi connectivity index (χ3n) is 2.34. The molecule has 0 spiro atoms. The second-order valence-corrected chi connectivity index (χ2v) is 4.09. The minimum atomic E-state index is -0.494. The Hall–Kier alpha value is -2.14. The van der Waals surface area contributed by atoms with E-state index in [9.17, 15) is 9.59 Å². The zero-order valence-corrected chi connectivity index (χ0v) is 10.3. The van der Waals surface area contributed by atoms with Crippen molar-refractivity contribution >= 4 is 23.3 Å². The summed E-state index contributed by atoms with van der Waals surface area (Å²) >= 11 is 5.68. The molecular formula is C12H10ClN3O2.